The van der Waals surface area contributed by atoms with Gasteiger partial charge in [0.1, 0.15) is 28.6 Å². The van der Waals surface area contributed by atoms with Crippen molar-refractivity contribution in [2.75, 3.05) is 57.5 Å². The summed E-state index contributed by atoms with van der Waals surface area (Å²) in [4.78, 5) is 39.8. The Labute approximate surface area is 205 Å². The van der Waals surface area contributed by atoms with Gasteiger partial charge in [-0.3, -0.25) is 15.0 Å². The molecule has 1 aromatic heterocycles. The van der Waals surface area contributed by atoms with Gasteiger partial charge in [-0.1, -0.05) is 23.7 Å². The number of nitrogen functional groups attached to an aromatic ring is 1. The number of nitrogens with zero attached hydrogens (tertiary/aromatic N) is 5. The lowest BCUT2D eigenvalue weighted by Gasteiger charge is -2.39. The van der Waals surface area contributed by atoms with Gasteiger partial charge in [-0.25, -0.2) is 9.97 Å². The van der Waals surface area contributed by atoms with Crippen LogP contribution in [0.2, 0.25) is 5.02 Å². The number of carbonyl (C=O) groups is 2. The monoisotopic (exact) mass is 536 g/mol. The van der Waals surface area contributed by atoms with Crippen LogP contribution in [0.4, 0.5) is 11.6 Å². The molecule has 2 heterocycles. The summed E-state index contributed by atoms with van der Waals surface area (Å²) < 4.78 is 0.0322. The minimum absolute atomic E-state index is 0.0151. The number of likely N-dealkylation sites (N-methyl/N-ethyl adjacent to an activating group) is 1. The first kappa shape index (κ1) is 24.9. The van der Waals surface area contributed by atoms with Crippen LogP contribution >= 0.6 is 27.5 Å². The van der Waals surface area contributed by atoms with Crippen molar-refractivity contribution in [1.82, 2.24) is 25.1 Å². The van der Waals surface area contributed by atoms with Crippen LogP contribution in [0.25, 0.3) is 0 Å². The smallest absolute Gasteiger partial charge is 0.247 e. The molecule has 1 aromatic carbocycles. The quantitative estimate of drug-likeness (QED) is 0.435. The minimum atomic E-state index is -0.788. The molecule has 1 aliphatic rings. The highest BCUT2D eigenvalue weighted by atomic mass is 79.9. The third kappa shape index (κ3) is 5.98. The van der Waals surface area contributed by atoms with Gasteiger partial charge in [-0.05, 0) is 47.7 Å². The predicted octanol–water partition coefficient (Wildman–Crippen LogP) is 1.50. The van der Waals surface area contributed by atoms with Gasteiger partial charge in [0, 0.05) is 31.2 Å². The van der Waals surface area contributed by atoms with E-state index in [1.807, 2.05) is 19.0 Å². The average molecular weight is 538 g/mol. The molecule has 0 spiro atoms. The maximum absolute atomic E-state index is 13.2. The summed E-state index contributed by atoms with van der Waals surface area (Å²) in [5.41, 5.74) is 6.93. The fourth-order valence-electron chi connectivity index (χ4n) is 3.60. The number of nitrogens with two attached hydrogens (primary N) is 1. The van der Waals surface area contributed by atoms with E-state index in [0.717, 1.165) is 0 Å². The molecule has 10 nitrogen and oxygen atoms in total. The van der Waals surface area contributed by atoms with Gasteiger partial charge in [-0.15, -0.1) is 0 Å². The number of carbonyl (C=O) groups excluding carboxylic acids is 2. The number of aromatic nitrogens is 2. The fourth-order valence-corrected chi connectivity index (χ4v) is 4.10. The second kappa shape index (κ2) is 10.9. The summed E-state index contributed by atoms with van der Waals surface area (Å²) in [7, 11) is 3.85. The number of anilines is 2. The van der Waals surface area contributed by atoms with Gasteiger partial charge >= 0.3 is 0 Å². The molecule has 1 atom stereocenters. The number of nitrogens with one attached hydrogen (secondary N) is 2. The van der Waals surface area contributed by atoms with Crippen molar-refractivity contribution in [2.45, 2.75) is 6.04 Å². The van der Waals surface area contributed by atoms with E-state index in [1.165, 1.54) is 6.33 Å². The lowest BCUT2D eigenvalue weighted by atomic mass is 10.0. The number of piperazine rings is 1. The second-order valence-electron chi connectivity index (χ2n) is 7.83. The Kier molecular flexibility index (Phi) is 8.22. The van der Waals surface area contributed by atoms with Crippen molar-refractivity contribution in [1.29, 1.82) is 5.41 Å². The number of hydrogen-bond acceptors (Lipinski definition) is 8. The Morgan fingerprint density at radius 3 is 2.61 bits per heavy atom. The van der Waals surface area contributed by atoms with Crippen LogP contribution in [0.3, 0.4) is 0 Å². The zero-order valence-corrected chi connectivity index (χ0v) is 20.7. The van der Waals surface area contributed by atoms with Crippen molar-refractivity contribution >= 4 is 55.6 Å². The molecule has 12 heteroatoms. The van der Waals surface area contributed by atoms with Crippen LogP contribution in [-0.4, -0.2) is 83.0 Å². The van der Waals surface area contributed by atoms with Crippen molar-refractivity contribution in [2.24, 2.45) is 0 Å². The number of halogens is 2. The molecule has 1 fully saturated rings. The normalized spacial score (nSPS) is 15.0. The second-order valence-corrected chi connectivity index (χ2v) is 9.06. The van der Waals surface area contributed by atoms with Crippen LogP contribution in [0.1, 0.15) is 17.2 Å². The first-order chi connectivity index (χ1) is 15.7. The summed E-state index contributed by atoms with van der Waals surface area (Å²) >= 11 is 9.16. The van der Waals surface area contributed by atoms with Gasteiger partial charge in [0.15, 0.2) is 0 Å². The van der Waals surface area contributed by atoms with Crippen molar-refractivity contribution in [3.63, 3.8) is 0 Å². The van der Waals surface area contributed by atoms with E-state index in [2.05, 4.69) is 31.2 Å². The van der Waals surface area contributed by atoms with Crippen LogP contribution in [0, 0.1) is 5.41 Å². The third-order valence-corrected chi connectivity index (χ3v) is 5.89. The Morgan fingerprint density at radius 1 is 1.30 bits per heavy atom. The van der Waals surface area contributed by atoms with Crippen LogP contribution in [0.15, 0.2) is 30.6 Å². The Bertz CT molecular complexity index is 1030. The van der Waals surface area contributed by atoms with Crippen molar-refractivity contribution < 1.29 is 9.59 Å². The van der Waals surface area contributed by atoms with Crippen LogP contribution in [0.5, 0.6) is 0 Å². The van der Waals surface area contributed by atoms with Crippen molar-refractivity contribution in [3.05, 3.63) is 46.7 Å². The van der Waals surface area contributed by atoms with Crippen LogP contribution < -0.4 is 16.0 Å². The maximum atomic E-state index is 13.2. The molecule has 176 valence electrons. The molecule has 3 rings (SSSR count). The molecule has 1 aliphatic heterocycles. The minimum Gasteiger partial charge on any atom is -0.383 e. The highest BCUT2D eigenvalue weighted by Crippen LogP contribution is 2.29. The lowest BCUT2D eigenvalue weighted by molar-refractivity contribution is -0.141. The largest absolute Gasteiger partial charge is 0.383 e. The molecular formula is C21H26BrClN8O2. The molecule has 4 N–H and O–H groups in total. The predicted molar refractivity (Wildman–Crippen MR) is 132 cm³/mol. The molecule has 2 amide bonds. The van der Waals surface area contributed by atoms with Crippen molar-refractivity contribution in [3.8, 4) is 0 Å². The molecule has 0 aliphatic carbocycles. The molecule has 0 saturated carbocycles. The van der Waals surface area contributed by atoms with E-state index in [9.17, 15) is 9.59 Å². The first-order valence-electron chi connectivity index (χ1n) is 10.3. The zero-order chi connectivity index (χ0) is 24.1. The molecule has 0 bridgehead atoms. The topological polar surface area (TPSA) is 132 Å². The molecule has 2 aromatic rings. The van der Waals surface area contributed by atoms with E-state index in [-0.39, 0.29) is 35.3 Å². The van der Waals surface area contributed by atoms with E-state index >= 15 is 0 Å². The fraction of sp³-hybridized carbons (Fsp3) is 0.381. The number of hydrogen-bond donors (Lipinski definition) is 3. The first-order valence-corrected chi connectivity index (χ1v) is 11.4. The molecule has 1 unspecified atom stereocenters. The Hall–Kier alpha value is -2.76. The molecular weight excluding hydrogens is 512 g/mol. The maximum Gasteiger partial charge on any atom is 0.247 e. The number of rotatable bonds is 8. The van der Waals surface area contributed by atoms with E-state index in [0.29, 0.717) is 41.6 Å². The Balaban J connectivity index is 1.84. The summed E-state index contributed by atoms with van der Waals surface area (Å²) in [6.45, 7) is 1.81. The van der Waals surface area contributed by atoms with Gasteiger partial charge < -0.3 is 25.8 Å². The van der Waals surface area contributed by atoms with E-state index in [4.69, 9.17) is 22.7 Å². The number of benzene rings is 1. The summed E-state index contributed by atoms with van der Waals surface area (Å²) in [5.74, 6) is 0.0512. The van der Waals surface area contributed by atoms with E-state index < -0.39 is 6.04 Å². The standard InChI is InChI=1S/C21H26BrClN8O2/c1-29(2)8-7-26-21(33)17(13-3-5-14(23)6-4-13)31-10-9-30(11-15(31)32)20-16(18(22)24)19(25)27-12-28-20/h3-6,12,17,24H,7-11H2,1-2H3,(H,26,33)(H2,25,27,28). The molecule has 33 heavy (non-hydrogen) atoms. The van der Waals surface area contributed by atoms with E-state index in [1.54, 1.807) is 34.1 Å². The molecule has 1 saturated heterocycles. The van der Waals surface area contributed by atoms with Gasteiger partial charge in [0.25, 0.3) is 0 Å². The van der Waals surface area contributed by atoms with Gasteiger partial charge in [-0.2, -0.15) is 0 Å². The highest BCUT2D eigenvalue weighted by Gasteiger charge is 2.36. The highest BCUT2D eigenvalue weighted by molar-refractivity contribution is 9.18. The number of amides is 2. The lowest BCUT2D eigenvalue weighted by Crippen LogP contribution is -2.55. The SMILES string of the molecule is CN(C)CCNC(=O)C(c1ccc(Cl)cc1)N1CCN(c2ncnc(N)c2C(=N)Br)CC1=O. The summed E-state index contributed by atoms with van der Waals surface area (Å²) in [5, 5.41) is 11.4. The van der Waals surface area contributed by atoms with Crippen LogP contribution in [-0.2, 0) is 9.59 Å². The molecule has 0 radical (unpaired) electrons. The summed E-state index contributed by atoms with van der Waals surface area (Å²) in [6, 6.07) is 6.13. The third-order valence-electron chi connectivity index (χ3n) is 5.24. The Morgan fingerprint density at radius 2 is 2.00 bits per heavy atom. The average Bonchev–Trinajstić information content (AvgIpc) is 2.75. The zero-order valence-electron chi connectivity index (χ0n) is 18.4. The van der Waals surface area contributed by atoms with Gasteiger partial charge in [0.2, 0.25) is 11.8 Å². The summed E-state index contributed by atoms with van der Waals surface area (Å²) in [6.07, 6.45) is 1.30. The van der Waals surface area contributed by atoms with Gasteiger partial charge in [0.05, 0.1) is 12.1 Å².